The summed E-state index contributed by atoms with van der Waals surface area (Å²) in [7, 11) is 0. The highest BCUT2D eigenvalue weighted by Crippen LogP contribution is 2.47. The summed E-state index contributed by atoms with van der Waals surface area (Å²) in [6, 6.07) is 0.387. The monoisotopic (exact) mass is 228 g/mol. The normalized spacial score (nSPS) is 19.2. The summed E-state index contributed by atoms with van der Waals surface area (Å²) in [4.78, 5) is 11.5. The van der Waals surface area contributed by atoms with Crippen LogP contribution >= 0.6 is 0 Å². The first-order valence-corrected chi connectivity index (χ1v) is 6.23. The van der Waals surface area contributed by atoms with Crippen molar-refractivity contribution in [2.45, 2.75) is 45.6 Å². The van der Waals surface area contributed by atoms with Gasteiger partial charge in [-0.15, -0.1) is 0 Å². The van der Waals surface area contributed by atoms with Crippen molar-refractivity contribution in [3.8, 4) is 0 Å². The number of amides is 1. The van der Waals surface area contributed by atoms with Gasteiger partial charge in [-0.25, -0.2) is 0 Å². The first-order valence-electron chi connectivity index (χ1n) is 6.23. The van der Waals surface area contributed by atoms with E-state index >= 15 is 0 Å². The minimum Gasteiger partial charge on any atom is -0.396 e. The van der Waals surface area contributed by atoms with Crippen LogP contribution in [-0.2, 0) is 4.79 Å². The smallest absolute Gasteiger partial charge is 0.233 e. The Morgan fingerprint density at radius 3 is 2.69 bits per heavy atom. The third kappa shape index (κ3) is 4.49. The van der Waals surface area contributed by atoms with Gasteiger partial charge in [0.1, 0.15) is 0 Å². The topological polar surface area (TPSA) is 61.4 Å². The van der Waals surface area contributed by atoms with E-state index in [4.69, 9.17) is 5.11 Å². The Kier molecular flexibility index (Phi) is 5.22. The zero-order valence-electron chi connectivity index (χ0n) is 10.4. The van der Waals surface area contributed by atoms with Crippen LogP contribution in [0.15, 0.2) is 0 Å². The Morgan fingerprint density at radius 1 is 1.50 bits per heavy atom. The van der Waals surface area contributed by atoms with Crippen LogP contribution in [0, 0.1) is 5.41 Å². The van der Waals surface area contributed by atoms with Crippen molar-refractivity contribution in [3.05, 3.63) is 0 Å². The van der Waals surface area contributed by atoms with Gasteiger partial charge in [-0.1, -0.05) is 6.92 Å². The van der Waals surface area contributed by atoms with Crippen molar-refractivity contribution in [2.75, 3.05) is 19.7 Å². The second-order valence-electron chi connectivity index (χ2n) is 4.94. The second-order valence-corrected chi connectivity index (χ2v) is 4.94. The Morgan fingerprint density at radius 2 is 2.19 bits per heavy atom. The molecule has 4 heteroatoms. The lowest BCUT2D eigenvalue weighted by Crippen LogP contribution is -2.40. The number of carbonyl (C=O) groups excluding carboxylic acids is 1. The molecule has 0 bridgehead atoms. The number of aliphatic hydroxyl groups excluding tert-OH is 1. The van der Waals surface area contributed by atoms with E-state index in [-0.39, 0.29) is 17.9 Å². The molecule has 1 fully saturated rings. The maximum Gasteiger partial charge on any atom is 0.233 e. The van der Waals surface area contributed by atoms with Crippen LogP contribution in [0.25, 0.3) is 0 Å². The molecular formula is C12H24N2O2. The average Bonchev–Trinajstić information content (AvgIpc) is 3.04. The number of carbonyl (C=O) groups is 1. The molecule has 0 heterocycles. The molecule has 4 nitrogen and oxygen atoms in total. The fraction of sp³-hybridized carbons (Fsp3) is 0.917. The molecule has 1 aliphatic rings. The SMILES string of the molecule is CCC(C)NCC(=O)NCC1(CCO)CC1. The maximum atomic E-state index is 11.5. The molecule has 0 aliphatic heterocycles. The summed E-state index contributed by atoms with van der Waals surface area (Å²) in [5.41, 5.74) is 0.209. The van der Waals surface area contributed by atoms with E-state index in [1.165, 1.54) is 0 Å². The van der Waals surface area contributed by atoms with E-state index in [0.29, 0.717) is 19.1 Å². The van der Waals surface area contributed by atoms with Crippen LogP contribution in [0.5, 0.6) is 0 Å². The minimum atomic E-state index is 0.0597. The van der Waals surface area contributed by atoms with Gasteiger partial charge in [0.25, 0.3) is 0 Å². The number of rotatable bonds is 8. The number of hydrogen-bond donors (Lipinski definition) is 3. The quantitative estimate of drug-likeness (QED) is 0.572. The van der Waals surface area contributed by atoms with E-state index in [9.17, 15) is 4.79 Å². The summed E-state index contributed by atoms with van der Waals surface area (Å²) in [5, 5.41) is 15.0. The highest BCUT2D eigenvalue weighted by atomic mass is 16.3. The van der Waals surface area contributed by atoms with Gasteiger partial charge in [0.05, 0.1) is 6.54 Å². The third-order valence-corrected chi connectivity index (χ3v) is 3.48. The van der Waals surface area contributed by atoms with Gasteiger partial charge in [-0.2, -0.15) is 0 Å². The van der Waals surface area contributed by atoms with Crippen molar-refractivity contribution in [1.82, 2.24) is 10.6 Å². The molecule has 0 aromatic rings. The van der Waals surface area contributed by atoms with Crippen LogP contribution in [-0.4, -0.2) is 36.8 Å². The van der Waals surface area contributed by atoms with Crippen molar-refractivity contribution >= 4 is 5.91 Å². The van der Waals surface area contributed by atoms with Gasteiger partial charge in [-0.3, -0.25) is 4.79 Å². The molecule has 94 valence electrons. The van der Waals surface area contributed by atoms with E-state index in [2.05, 4.69) is 24.5 Å². The molecule has 1 aliphatic carbocycles. The predicted molar refractivity (Wildman–Crippen MR) is 64.1 cm³/mol. The van der Waals surface area contributed by atoms with Gasteiger partial charge in [0, 0.05) is 19.2 Å². The Bertz CT molecular complexity index is 227. The fourth-order valence-corrected chi connectivity index (χ4v) is 1.69. The van der Waals surface area contributed by atoms with Gasteiger partial charge in [0.2, 0.25) is 5.91 Å². The minimum absolute atomic E-state index is 0.0597. The number of aliphatic hydroxyl groups is 1. The molecule has 0 aromatic heterocycles. The van der Waals surface area contributed by atoms with Crippen LogP contribution < -0.4 is 10.6 Å². The zero-order chi connectivity index (χ0) is 12.0. The average molecular weight is 228 g/mol. The molecule has 1 rings (SSSR count). The lowest BCUT2D eigenvalue weighted by molar-refractivity contribution is -0.120. The first-order chi connectivity index (χ1) is 7.62. The fourth-order valence-electron chi connectivity index (χ4n) is 1.69. The van der Waals surface area contributed by atoms with Crippen molar-refractivity contribution < 1.29 is 9.90 Å². The molecule has 0 saturated heterocycles. The van der Waals surface area contributed by atoms with Crippen LogP contribution in [0.4, 0.5) is 0 Å². The van der Waals surface area contributed by atoms with E-state index in [1.807, 2.05) is 0 Å². The molecular weight excluding hydrogens is 204 g/mol. The largest absolute Gasteiger partial charge is 0.396 e. The summed E-state index contributed by atoms with van der Waals surface area (Å²) >= 11 is 0. The molecule has 1 saturated carbocycles. The van der Waals surface area contributed by atoms with Crippen LogP contribution in [0.1, 0.15) is 39.5 Å². The molecule has 0 aromatic carbocycles. The van der Waals surface area contributed by atoms with E-state index in [1.54, 1.807) is 0 Å². The molecule has 16 heavy (non-hydrogen) atoms. The van der Waals surface area contributed by atoms with Crippen LogP contribution in [0.2, 0.25) is 0 Å². The third-order valence-electron chi connectivity index (χ3n) is 3.48. The van der Waals surface area contributed by atoms with Crippen LogP contribution in [0.3, 0.4) is 0 Å². The van der Waals surface area contributed by atoms with Gasteiger partial charge in [-0.05, 0) is 38.0 Å². The van der Waals surface area contributed by atoms with Crippen molar-refractivity contribution in [1.29, 1.82) is 0 Å². The summed E-state index contributed by atoms with van der Waals surface area (Å²) < 4.78 is 0. The second kappa shape index (κ2) is 6.21. The highest BCUT2D eigenvalue weighted by molar-refractivity contribution is 5.78. The Hall–Kier alpha value is -0.610. The van der Waals surface area contributed by atoms with E-state index in [0.717, 1.165) is 25.7 Å². The molecule has 1 atom stereocenters. The molecule has 0 spiro atoms. The zero-order valence-corrected chi connectivity index (χ0v) is 10.4. The molecule has 1 amide bonds. The summed E-state index contributed by atoms with van der Waals surface area (Å²) in [6.45, 7) is 5.50. The first kappa shape index (κ1) is 13.5. The Labute approximate surface area is 97.8 Å². The predicted octanol–water partition coefficient (Wildman–Crippen LogP) is 0.653. The molecule has 1 unspecified atom stereocenters. The summed E-state index contributed by atoms with van der Waals surface area (Å²) in [5.74, 6) is 0.0597. The number of hydrogen-bond acceptors (Lipinski definition) is 3. The van der Waals surface area contributed by atoms with Gasteiger partial charge in [0.15, 0.2) is 0 Å². The molecule has 3 N–H and O–H groups in total. The number of nitrogens with one attached hydrogen (secondary N) is 2. The van der Waals surface area contributed by atoms with Crippen molar-refractivity contribution in [3.63, 3.8) is 0 Å². The maximum absolute atomic E-state index is 11.5. The van der Waals surface area contributed by atoms with E-state index < -0.39 is 0 Å². The highest BCUT2D eigenvalue weighted by Gasteiger charge is 2.41. The lowest BCUT2D eigenvalue weighted by atomic mass is 10.0. The standard InChI is InChI=1S/C12H24N2O2/c1-3-10(2)13-8-11(16)14-9-12(4-5-12)6-7-15/h10,13,15H,3-9H2,1-2H3,(H,14,16). The lowest BCUT2D eigenvalue weighted by Gasteiger charge is -2.16. The Balaban J connectivity index is 2.11. The molecule has 0 radical (unpaired) electrons. The van der Waals surface area contributed by atoms with Gasteiger partial charge < -0.3 is 15.7 Å². The van der Waals surface area contributed by atoms with Crippen molar-refractivity contribution in [2.24, 2.45) is 5.41 Å². The van der Waals surface area contributed by atoms with Gasteiger partial charge >= 0.3 is 0 Å². The summed E-state index contributed by atoms with van der Waals surface area (Å²) in [6.07, 6.45) is 4.10.